The number of hydrogen-bond acceptors (Lipinski definition) is 4. The molecule has 2 rings (SSSR count). The number of aliphatic imine (C=N–C) groups is 1. The van der Waals surface area contributed by atoms with Crippen molar-refractivity contribution < 1.29 is 26.4 Å². The second-order valence-electron chi connectivity index (χ2n) is 7.20. The Labute approximate surface area is 197 Å². The Morgan fingerprint density at radius 1 is 1.26 bits per heavy atom. The van der Waals surface area contributed by atoms with E-state index < -0.39 is 21.6 Å². The zero-order valence-electron chi connectivity index (χ0n) is 17.4. The lowest BCUT2D eigenvalue weighted by Crippen LogP contribution is -2.39. The number of hydrogen-bond donors (Lipinski definition) is 2. The van der Waals surface area contributed by atoms with Crippen molar-refractivity contribution in [1.82, 2.24) is 15.5 Å². The summed E-state index contributed by atoms with van der Waals surface area (Å²) < 4.78 is 60.9. The maximum absolute atomic E-state index is 12.7. The van der Waals surface area contributed by atoms with Gasteiger partial charge in [-0.15, -0.1) is 24.0 Å². The van der Waals surface area contributed by atoms with Crippen molar-refractivity contribution >= 4 is 45.7 Å². The van der Waals surface area contributed by atoms with Gasteiger partial charge in [-0.05, 0) is 31.0 Å². The molecule has 0 bridgehead atoms. The van der Waals surface area contributed by atoms with Crippen LogP contribution in [0.5, 0.6) is 0 Å². The molecule has 1 aliphatic heterocycles. The number of sulfone groups is 1. The molecule has 0 spiro atoms. The Kier molecular flexibility index (Phi) is 10.5. The maximum Gasteiger partial charge on any atom is 0.416 e. The minimum Gasteiger partial charge on any atom is -0.357 e. The Balaban J connectivity index is 0.00000480. The van der Waals surface area contributed by atoms with Crippen LogP contribution in [0.1, 0.15) is 30.9 Å². The largest absolute Gasteiger partial charge is 0.416 e. The predicted molar refractivity (Wildman–Crippen MR) is 124 cm³/mol. The zero-order chi connectivity index (χ0) is 22.4. The van der Waals surface area contributed by atoms with E-state index in [2.05, 4.69) is 15.6 Å². The van der Waals surface area contributed by atoms with E-state index in [9.17, 15) is 26.4 Å². The van der Waals surface area contributed by atoms with Gasteiger partial charge in [-0.1, -0.05) is 12.1 Å². The number of nitrogens with one attached hydrogen (secondary N) is 2. The van der Waals surface area contributed by atoms with Gasteiger partial charge in [0, 0.05) is 32.6 Å². The molecule has 0 aromatic heterocycles. The average Bonchev–Trinajstić information content (AvgIpc) is 2.99. The molecule has 1 aliphatic rings. The molecule has 1 aromatic carbocycles. The van der Waals surface area contributed by atoms with Crippen LogP contribution in [0.3, 0.4) is 0 Å². The van der Waals surface area contributed by atoms with E-state index >= 15 is 0 Å². The highest BCUT2D eigenvalue weighted by atomic mass is 127. The number of alkyl halides is 3. The Hall–Kier alpha value is -1.57. The number of guanidine groups is 1. The summed E-state index contributed by atoms with van der Waals surface area (Å²) in [6.45, 7) is 3.01. The van der Waals surface area contributed by atoms with Crippen LogP contribution >= 0.6 is 24.0 Å². The van der Waals surface area contributed by atoms with Crippen molar-refractivity contribution in [3.8, 4) is 0 Å². The van der Waals surface area contributed by atoms with Crippen LogP contribution < -0.4 is 10.6 Å². The first-order chi connectivity index (χ1) is 14.0. The van der Waals surface area contributed by atoms with Crippen LogP contribution in [0.4, 0.5) is 13.2 Å². The zero-order valence-corrected chi connectivity index (χ0v) is 20.6. The summed E-state index contributed by atoms with van der Waals surface area (Å²) >= 11 is 0. The molecule has 0 radical (unpaired) electrons. The molecule has 2 N–H and O–H groups in total. The first kappa shape index (κ1) is 27.5. The third-order valence-electron chi connectivity index (χ3n) is 4.60. The van der Waals surface area contributed by atoms with Gasteiger partial charge in [-0.3, -0.25) is 9.79 Å². The molecular formula is C19H28F3IN4O3S. The second kappa shape index (κ2) is 11.9. The molecule has 7 nitrogen and oxygen atoms in total. The molecule has 31 heavy (non-hydrogen) atoms. The summed E-state index contributed by atoms with van der Waals surface area (Å²) in [4.78, 5) is 18.2. The highest BCUT2D eigenvalue weighted by molar-refractivity contribution is 14.0. The van der Waals surface area contributed by atoms with Gasteiger partial charge < -0.3 is 15.5 Å². The number of amides is 1. The van der Waals surface area contributed by atoms with Gasteiger partial charge in [0.1, 0.15) is 0 Å². The Bertz CT molecular complexity index is 861. The van der Waals surface area contributed by atoms with E-state index in [1.54, 1.807) is 11.9 Å². The van der Waals surface area contributed by atoms with Gasteiger partial charge in [0.25, 0.3) is 0 Å². The van der Waals surface area contributed by atoms with Crippen molar-refractivity contribution in [3.63, 3.8) is 0 Å². The number of nitrogens with zero attached hydrogens (tertiary/aromatic N) is 2. The minimum atomic E-state index is -4.37. The molecule has 1 aromatic rings. The Morgan fingerprint density at radius 3 is 2.42 bits per heavy atom. The number of rotatable bonds is 7. The summed E-state index contributed by atoms with van der Waals surface area (Å²) in [6, 6.07) is 4.58. The van der Waals surface area contributed by atoms with Crippen molar-refractivity contribution in [2.75, 3.05) is 31.6 Å². The van der Waals surface area contributed by atoms with Gasteiger partial charge in [0.2, 0.25) is 5.91 Å². The monoisotopic (exact) mass is 576 g/mol. The van der Waals surface area contributed by atoms with E-state index in [-0.39, 0.29) is 60.4 Å². The van der Waals surface area contributed by atoms with Gasteiger partial charge in [-0.25, -0.2) is 8.42 Å². The third kappa shape index (κ3) is 9.21. The van der Waals surface area contributed by atoms with Gasteiger partial charge in [0.05, 0.1) is 23.6 Å². The van der Waals surface area contributed by atoms with Crippen molar-refractivity contribution in [3.05, 3.63) is 35.4 Å². The van der Waals surface area contributed by atoms with Gasteiger partial charge in [0.15, 0.2) is 15.8 Å². The van der Waals surface area contributed by atoms with E-state index in [0.717, 1.165) is 12.1 Å². The summed E-state index contributed by atoms with van der Waals surface area (Å²) in [5.41, 5.74) is -0.00755. The van der Waals surface area contributed by atoms with Crippen LogP contribution in [0.2, 0.25) is 0 Å². The molecule has 1 saturated heterocycles. The van der Waals surface area contributed by atoms with Crippen LogP contribution in [-0.2, 0) is 27.4 Å². The van der Waals surface area contributed by atoms with Crippen LogP contribution in [0.15, 0.2) is 29.3 Å². The molecular weight excluding hydrogens is 548 g/mol. The molecule has 0 aliphatic carbocycles. The normalized spacial score (nSPS) is 18.2. The van der Waals surface area contributed by atoms with Crippen molar-refractivity contribution in [1.29, 1.82) is 0 Å². The summed E-state index contributed by atoms with van der Waals surface area (Å²) in [6.07, 6.45) is -3.83. The quantitative estimate of drug-likeness (QED) is 0.296. The highest BCUT2D eigenvalue weighted by Crippen LogP contribution is 2.29. The molecule has 1 fully saturated rings. The fraction of sp³-hybridized carbons (Fsp3) is 0.579. The molecule has 176 valence electrons. The molecule has 1 unspecified atom stereocenters. The maximum atomic E-state index is 12.7. The third-order valence-corrected chi connectivity index (χ3v) is 6.36. The van der Waals surface area contributed by atoms with E-state index in [0.29, 0.717) is 31.0 Å². The standard InChI is InChI=1S/C19H27F3N4O3S.HI/c1-3-23-18(24-10-8-17(27)25-16-9-11-30(28,29)13-16)26(2)12-14-4-6-15(7-5-14)19(20,21)22;/h4-7,16H,3,8-13H2,1-2H3,(H,23,24)(H,25,27);1H. The average molecular weight is 576 g/mol. The van der Waals surface area contributed by atoms with Crippen LogP contribution in [0, 0.1) is 0 Å². The fourth-order valence-electron chi connectivity index (χ4n) is 3.09. The summed E-state index contributed by atoms with van der Waals surface area (Å²) in [5, 5.41) is 5.79. The van der Waals surface area contributed by atoms with E-state index in [1.807, 2.05) is 6.92 Å². The van der Waals surface area contributed by atoms with Crippen molar-refractivity contribution in [2.45, 2.75) is 38.5 Å². The van der Waals surface area contributed by atoms with Gasteiger partial charge >= 0.3 is 6.18 Å². The summed E-state index contributed by atoms with van der Waals surface area (Å²) in [7, 11) is -1.30. The van der Waals surface area contributed by atoms with Gasteiger partial charge in [-0.2, -0.15) is 13.2 Å². The number of carbonyl (C=O) groups is 1. The lowest BCUT2D eigenvalue weighted by Gasteiger charge is -2.22. The van der Waals surface area contributed by atoms with Crippen LogP contribution in [0.25, 0.3) is 0 Å². The van der Waals surface area contributed by atoms with E-state index in [1.165, 1.54) is 12.1 Å². The number of benzene rings is 1. The van der Waals surface area contributed by atoms with Crippen molar-refractivity contribution in [2.24, 2.45) is 4.99 Å². The first-order valence-electron chi connectivity index (χ1n) is 9.65. The van der Waals surface area contributed by atoms with Crippen LogP contribution in [-0.4, -0.2) is 62.9 Å². The predicted octanol–water partition coefficient (Wildman–Crippen LogP) is 2.41. The lowest BCUT2D eigenvalue weighted by molar-refractivity contribution is -0.137. The molecule has 1 atom stereocenters. The molecule has 0 saturated carbocycles. The number of halogens is 4. The number of carbonyl (C=O) groups excluding carboxylic acids is 1. The summed E-state index contributed by atoms with van der Waals surface area (Å²) in [5.74, 6) is 0.325. The SMILES string of the molecule is CCNC(=NCCC(=O)NC1CCS(=O)(=O)C1)N(C)Cc1ccc(C(F)(F)F)cc1.I. The molecule has 12 heteroatoms. The highest BCUT2D eigenvalue weighted by Gasteiger charge is 2.30. The topological polar surface area (TPSA) is 90.9 Å². The fourth-order valence-corrected chi connectivity index (χ4v) is 4.76. The second-order valence-corrected chi connectivity index (χ2v) is 9.43. The Morgan fingerprint density at radius 2 is 1.90 bits per heavy atom. The minimum absolute atomic E-state index is 0. The molecule has 1 amide bonds. The molecule has 1 heterocycles. The lowest BCUT2D eigenvalue weighted by atomic mass is 10.1. The smallest absolute Gasteiger partial charge is 0.357 e. The van der Waals surface area contributed by atoms with E-state index in [4.69, 9.17) is 0 Å². The first-order valence-corrected chi connectivity index (χ1v) is 11.5.